The number of hydrogen-bond acceptors (Lipinski definition) is 20. The van der Waals surface area contributed by atoms with Crippen molar-refractivity contribution in [2.24, 2.45) is 0 Å². The van der Waals surface area contributed by atoms with E-state index in [1.165, 1.54) is 87.2 Å². The molecule has 0 bridgehead atoms. The second kappa shape index (κ2) is 50.5. The minimum absolute atomic E-state index is 0.0160. The van der Waals surface area contributed by atoms with Gasteiger partial charge in [-0.25, -0.2) is 24.0 Å². The van der Waals surface area contributed by atoms with Gasteiger partial charge in [0, 0.05) is 104 Å². The number of alkyl halides is 3. The van der Waals surface area contributed by atoms with Crippen molar-refractivity contribution in [3.05, 3.63) is 351 Å². The second-order valence-corrected chi connectivity index (χ2v) is 38.9. The zero-order valence-electron chi connectivity index (χ0n) is 68.8. The Hall–Kier alpha value is -11.8. The van der Waals surface area contributed by atoms with Crippen molar-refractivity contribution in [1.29, 1.82) is 0 Å². The highest BCUT2D eigenvalue weighted by molar-refractivity contribution is 9.10. The monoisotopic (exact) mass is 2150 g/mol. The molecule has 0 radical (unpaired) electrons. The summed E-state index contributed by atoms with van der Waals surface area (Å²) in [5.41, 5.74) is 4.89. The van der Waals surface area contributed by atoms with Crippen LogP contribution < -0.4 is 31.3 Å². The van der Waals surface area contributed by atoms with Gasteiger partial charge in [0.1, 0.15) is 58.6 Å². The molecule has 5 amide bonds. The van der Waals surface area contributed by atoms with E-state index in [0.29, 0.717) is 69.8 Å². The maximum Gasteiger partial charge on any atom is 0.416 e. The van der Waals surface area contributed by atoms with Crippen LogP contribution in [-0.2, 0) is 30.1 Å². The van der Waals surface area contributed by atoms with Crippen molar-refractivity contribution in [1.82, 2.24) is 0 Å². The number of carboxylic acids is 5. The Labute approximate surface area is 832 Å². The third-order valence-corrected chi connectivity index (χ3v) is 28.6. The zero-order valence-corrected chi connectivity index (χ0v) is 81.5. The van der Waals surface area contributed by atoms with Crippen LogP contribution in [0.15, 0.2) is 322 Å². The molecule has 0 atom stereocenters. The number of halogens is 8. The topological polar surface area (TPSA) is 341 Å². The lowest BCUT2D eigenvalue weighted by molar-refractivity contribution is -0.137. The highest BCUT2D eigenvalue weighted by Crippen LogP contribution is 2.45. The van der Waals surface area contributed by atoms with E-state index in [4.69, 9.17) is 39.5 Å². The molecule has 134 heavy (non-hydrogen) atoms. The minimum Gasteiger partial charge on any atom is -0.484 e. The van der Waals surface area contributed by atoms with E-state index in [0.717, 1.165) is 85.8 Å². The van der Waals surface area contributed by atoms with Crippen molar-refractivity contribution in [2.75, 3.05) is 56.2 Å². The van der Waals surface area contributed by atoms with E-state index in [1.54, 1.807) is 88.3 Å². The molecule has 684 valence electrons. The van der Waals surface area contributed by atoms with Gasteiger partial charge in [0.25, 0.3) is 5.91 Å². The molecule has 5 aromatic heterocycles. The Morgan fingerprint density at radius 1 is 0.321 bits per heavy atom. The number of amides is 5. The first-order chi connectivity index (χ1) is 64.3. The number of hydrogen-bond donors (Lipinski definition) is 10. The summed E-state index contributed by atoms with van der Waals surface area (Å²) in [6.07, 6.45) is -4.47. The number of thioether (sulfide) groups is 4. The Bertz CT molecular complexity index is 6500. The number of aromatic carboxylic acids is 5. The number of carbonyl (C=O) groups excluding carboxylic acids is 5. The molecular weight excluding hydrogens is 2090 g/mol. The molecule has 21 nitrogen and oxygen atoms in total. The van der Waals surface area contributed by atoms with Gasteiger partial charge >= 0.3 is 36.0 Å². The lowest BCUT2D eigenvalue weighted by atomic mass is 10.0. The lowest BCUT2D eigenvalue weighted by Gasteiger charge is -2.08. The molecule has 0 saturated carbocycles. The third kappa shape index (κ3) is 30.1. The van der Waals surface area contributed by atoms with Crippen LogP contribution in [-0.4, -0.2) is 115 Å². The summed E-state index contributed by atoms with van der Waals surface area (Å²) in [6.45, 7) is -0.211. The highest BCUT2D eigenvalue weighted by atomic mass is 79.9. The predicted molar refractivity (Wildman–Crippen MR) is 543 cm³/mol. The number of anilines is 5. The van der Waals surface area contributed by atoms with Gasteiger partial charge in [-0.3, -0.25) is 24.0 Å². The molecule has 38 heteroatoms. The Morgan fingerprint density at radius 3 is 0.933 bits per heavy atom. The van der Waals surface area contributed by atoms with Crippen LogP contribution in [0.1, 0.15) is 57.4 Å². The van der Waals surface area contributed by atoms with E-state index in [9.17, 15) is 86.6 Å². The summed E-state index contributed by atoms with van der Waals surface area (Å²) in [6, 6.07) is 77.6. The molecule has 5 heterocycles. The molecule has 10 aromatic carbocycles. The van der Waals surface area contributed by atoms with Crippen LogP contribution >= 0.6 is 170 Å². The van der Waals surface area contributed by atoms with Crippen molar-refractivity contribution in [3.63, 3.8) is 0 Å². The summed E-state index contributed by atoms with van der Waals surface area (Å²) >= 11 is 36.1. The van der Waals surface area contributed by atoms with Crippen LogP contribution in [0.4, 0.5) is 38.2 Å². The van der Waals surface area contributed by atoms with Crippen LogP contribution in [0, 0.1) is 0 Å². The number of rotatable bonds is 30. The normalized spacial score (nSPS) is 10.7. The number of nitrogens with one attached hydrogen (secondary N) is 5. The van der Waals surface area contributed by atoms with E-state index in [1.807, 2.05) is 176 Å². The number of ether oxygens (including phenoxy) is 1. The number of carbonyl (C=O) groups is 10. The highest BCUT2D eigenvalue weighted by Gasteiger charge is 2.32. The lowest BCUT2D eigenvalue weighted by Crippen LogP contribution is -2.20. The summed E-state index contributed by atoms with van der Waals surface area (Å²) in [5.74, 6) is -5.93. The maximum absolute atomic E-state index is 12.7. The van der Waals surface area contributed by atoms with Gasteiger partial charge in [-0.1, -0.05) is 218 Å². The summed E-state index contributed by atoms with van der Waals surface area (Å²) < 4.78 is 45.3. The smallest absolute Gasteiger partial charge is 0.416 e. The number of benzene rings is 10. The van der Waals surface area contributed by atoms with Crippen LogP contribution in [0.25, 0.3) is 55.6 Å². The first-order valence-corrected chi connectivity index (χ1v) is 49.9. The Kier molecular flexibility index (Phi) is 38.7. The summed E-state index contributed by atoms with van der Waals surface area (Å²) in [7, 11) is 0. The molecule has 0 saturated heterocycles. The van der Waals surface area contributed by atoms with Gasteiger partial charge in [0.15, 0.2) is 6.61 Å². The van der Waals surface area contributed by atoms with Gasteiger partial charge in [-0.05, 0) is 138 Å². The van der Waals surface area contributed by atoms with Crippen LogP contribution in [0.2, 0.25) is 15.1 Å². The largest absolute Gasteiger partial charge is 0.484 e. The molecule has 0 fully saturated rings. The van der Waals surface area contributed by atoms with E-state index >= 15 is 0 Å². The third-order valence-electron chi connectivity index (χ3n) is 18.1. The maximum atomic E-state index is 12.7. The average molecular weight is 2160 g/mol. The van der Waals surface area contributed by atoms with Crippen LogP contribution in [0.5, 0.6) is 5.75 Å². The Balaban J connectivity index is 0.000000161. The number of carboxylic acid groups (broad SMARTS) is 5. The van der Waals surface area contributed by atoms with Crippen molar-refractivity contribution in [2.45, 2.75) is 25.8 Å². The molecule has 10 N–H and O–H groups in total. The molecule has 15 aromatic rings. The SMILES string of the molecule is O=C(COc1ccccc1)Nc1scc(-c2ccc(Cl)cc2)c1C(=O)O.O=C(CSc1ccccc1)Nc1scc(-c2ccc(Br)cc2)c1C(=O)O.O=C(CSc1ccccc1)Nc1scc(-c2ccc(C(F)(F)F)cc2)c1C(=O)O.O=C(CSc1ccccc1)Nc1scc(-c2ccc(Cl)cc2Cl)c1C(=O)O.O=C(CSc1ccccc1)Nc1scc(-c2ccccc2Br)c1C(=O)O. The minimum atomic E-state index is -4.47. The Morgan fingerprint density at radius 2 is 0.604 bits per heavy atom. The fourth-order valence-electron chi connectivity index (χ4n) is 12.0. The molecule has 15 rings (SSSR count). The zero-order chi connectivity index (χ0) is 96.0. The van der Waals surface area contributed by atoms with Gasteiger partial charge < -0.3 is 56.9 Å². The van der Waals surface area contributed by atoms with Crippen molar-refractivity contribution < 1.29 is 91.4 Å². The standard InChI is InChI=1S/C20H14F3NO3S2.2C19H14BrNO3S2.C19H13Cl2NO3S2.C19H14ClNO4S/c21-20(22,23)13-8-6-12(7-9-13)15-10-29-18(17(15)19(26)27)24-16(25)11-28-14-4-2-1-3-5-14;20-15-9-5-4-8-13(15)14-10-26-18(17(14)19(23)24)21-16(22)11-25-12-6-2-1-3-7-12;20-13-8-6-12(7-9-13)15-10-26-18(17(15)19(23)24)21-16(22)11-25-14-4-2-1-3-5-14;20-11-6-7-13(15(21)8-11)14-9-27-18(17(14)19(24)25)22-16(23)10-26-12-4-2-1-3-5-12;20-13-8-6-12(7-9-13)15-11-26-18(17(15)19(23)24)21-16(22)10-25-14-4-2-1-3-5-14/h1-10H,11H2,(H,24,25)(H,26,27);2*1-10H,11H2,(H,21,22)(H,23,24);1-9H,10H2,(H,22,23)(H,24,25);1-9,11H,10H2,(H,21,22)(H,23,24). The molecular formula is C96H69Br2Cl3F3N5O16S9. The molecule has 0 spiro atoms. The van der Waals surface area contributed by atoms with E-state index < -0.39 is 47.5 Å². The summed E-state index contributed by atoms with van der Waals surface area (Å²) in [5, 5.41) is 72.5. The average Bonchev–Trinajstić information content (AvgIpc) is 1.68. The van der Waals surface area contributed by atoms with Gasteiger partial charge in [-0.15, -0.1) is 104 Å². The molecule has 0 unspecified atom stereocenters. The van der Waals surface area contributed by atoms with Gasteiger partial charge in [-0.2, -0.15) is 13.2 Å². The number of thiophene rings is 5. The molecule has 0 aliphatic heterocycles. The van der Waals surface area contributed by atoms with E-state index in [2.05, 4.69) is 58.4 Å². The second-order valence-electron chi connectivity index (χ2n) is 27.2. The number of para-hydroxylation sites is 1. The van der Waals surface area contributed by atoms with E-state index in [-0.39, 0.29) is 102 Å². The first kappa shape index (κ1) is 103. The first-order valence-electron chi connectivity index (χ1n) is 38.9. The van der Waals surface area contributed by atoms with Crippen molar-refractivity contribution >= 4 is 255 Å². The molecule has 0 aliphatic rings. The van der Waals surface area contributed by atoms with Crippen molar-refractivity contribution in [3.8, 4) is 61.4 Å². The fourth-order valence-corrected chi connectivity index (χ4v) is 21.1. The van der Waals surface area contributed by atoms with Gasteiger partial charge in [0.05, 0.1) is 28.6 Å². The predicted octanol–water partition coefficient (Wildman–Crippen LogP) is 28.0. The quantitative estimate of drug-likeness (QED) is 0.0187. The van der Waals surface area contributed by atoms with Gasteiger partial charge in [0.2, 0.25) is 23.6 Å². The summed E-state index contributed by atoms with van der Waals surface area (Å²) in [4.78, 5) is 124. The molecule has 0 aliphatic carbocycles. The fraction of sp³-hybridized carbons (Fsp3) is 0.0625. The van der Waals surface area contributed by atoms with Crippen LogP contribution in [0.3, 0.4) is 0 Å².